The summed E-state index contributed by atoms with van der Waals surface area (Å²) in [6.07, 6.45) is 7.33. The van der Waals surface area contributed by atoms with Gasteiger partial charge < -0.3 is 24.6 Å². The minimum Gasteiger partial charge on any atom is -0.493 e. The number of carbonyl (C=O) groups excluding carboxylic acids is 2. The maximum absolute atomic E-state index is 12.8. The Hall–Kier alpha value is -2.28. The summed E-state index contributed by atoms with van der Waals surface area (Å²) in [4.78, 5) is 29.8. The van der Waals surface area contributed by atoms with Crippen molar-refractivity contribution >= 4 is 11.8 Å². The molecule has 3 unspecified atom stereocenters. The molecule has 7 nitrogen and oxygen atoms in total. The number of nitrogens with zero attached hydrogens (tertiary/aromatic N) is 2. The van der Waals surface area contributed by atoms with E-state index in [9.17, 15) is 9.59 Å². The molecule has 3 saturated heterocycles. The van der Waals surface area contributed by atoms with Crippen LogP contribution >= 0.6 is 0 Å². The highest BCUT2D eigenvalue weighted by atomic mass is 16.5. The maximum Gasteiger partial charge on any atom is 0.225 e. The molecule has 7 heteroatoms. The van der Waals surface area contributed by atoms with Crippen LogP contribution in [-0.2, 0) is 16.0 Å². The Bertz CT molecular complexity index is 812. The SMILES string of the molecule is COc1ccc(CCN2CC(C(=O)NCC3CCCN4CCCCC34)CC2=O)cc1OC. The van der Waals surface area contributed by atoms with E-state index in [4.69, 9.17) is 9.47 Å². The molecule has 1 aromatic rings. The molecule has 32 heavy (non-hydrogen) atoms. The van der Waals surface area contributed by atoms with Gasteiger partial charge in [-0.3, -0.25) is 9.59 Å². The van der Waals surface area contributed by atoms with Crippen LogP contribution in [0, 0.1) is 11.8 Å². The minimum atomic E-state index is -0.237. The minimum absolute atomic E-state index is 0.0416. The van der Waals surface area contributed by atoms with E-state index in [0.29, 0.717) is 43.0 Å². The van der Waals surface area contributed by atoms with Gasteiger partial charge in [-0.15, -0.1) is 0 Å². The van der Waals surface area contributed by atoms with E-state index >= 15 is 0 Å². The molecule has 3 fully saturated rings. The molecular formula is C25H37N3O4. The van der Waals surface area contributed by atoms with E-state index in [0.717, 1.165) is 18.5 Å². The first-order chi connectivity index (χ1) is 15.6. The van der Waals surface area contributed by atoms with Crippen molar-refractivity contribution in [3.8, 4) is 11.5 Å². The smallest absolute Gasteiger partial charge is 0.225 e. The fourth-order valence-electron chi connectivity index (χ4n) is 5.66. The van der Waals surface area contributed by atoms with Crippen LogP contribution in [0.4, 0.5) is 0 Å². The molecule has 3 heterocycles. The summed E-state index contributed by atoms with van der Waals surface area (Å²) >= 11 is 0. The van der Waals surface area contributed by atoms with Gasteiger partial charge in [0.15, 0.2) is 11.5 Å². The molecule has 0 bridgehead atoms. The lowest BCUT2D eigenvalue weighted by Crippen LogP contribution is -2.51. The quantitative estimate of drug-likeness (QED) is 0.668. The third-order valence-electron chi connectivity index (χ3n) is 7.47. The summed E-state index contributed by atoms with van der Waals surface area (Å²) in [5, 5.41) is 3.20. The largest absolute Gasteiger partial charge is 0.493 e. The standard InChI is InChI=1S/C25H37N3O4/c1-31-22-9-8-18(14-23(22)32-2)10-13-28-17-20(15-24(28)29)25(30)26-16-19-6-5-12-27-11-4-3-7-21(19)27/h8-9,14,19-21H,3-7,10-13,15-17H2,1-2H3,(H,26,30). The van der Waals surface area contributed by atoms with Crippen molar-refractivity contribution in [3.05, 3.63) is 23.8 Å². The lowest BCUT2D eigenvalue weighted by atomic mass is 9.83. The van der Waals surface area contributed by atoms with E-state index in [1.807, 2.05) is 23.1 Å². The summed E-state index contributed by atoms with van der Waals surface area (Å²) in [5.41, 5.74) is 1.08. The highest BCUT2D eigenvalue weighted by molar-refractivity contribution is 5.89. The molecule has 0 spiro atoms. The van der Waals surface area contributed by atoms with Crippen molar-refractivity contribution in [2.45, 2.75) is 51.0 Å². The molecule has 0 aliphatic carbocycles. The summed E-state index contributed by atoms with van der Waals surface area (Å²) < 4.78 is 10.7. The van der Waals surface area contributed by atoms with Crippen molar-refractivity contribution in [1.29, 1.82) is 0 Å². The first-order valence-electron chi connectivity index (χ1n) is 12.1. The van der Waals surface area contributed by atoms with Gasteiger partial charge in [0.05, 0.1) is 20.1 Å². The second-order valence-corrected chi connectivity index (χ2v) is 9.43. The Labute approximate surface area is 191 Å². The number of benzene rings is 1. The number of ether oxygens (including phenoxy) is 2. The summed E-state index contributed by atoms with van der Waals surface area (Å²) in [7, 11) is 3.24. The van der Waals surface area contributed by atoms with Gasteiger partial charge in [0.1, 0.15) is 0 Å². The number of hydrogen-bond donors (Lipinski definition) is 1. The number of methoxy groups -OCH3 is 2. The number of hydrogen-bond acceptors (Lipinski definition) is 5. The van der Waals surface area contributed by atoms with E-state index in [-0.39, 0.29) is 17.7 Å². The summed E-state index contributed by atoms with van der Waals surface area (Å²) in [6.45, 7) is 4.29. The van der Waals surface area contributed by atoms with Gasteiger partial charge in [0, 0.05) is 32.1 Å². The van der Waals surface area contributed by atoms with Crippen molar-refractivity contribution < 1.29 is 19.1 Å². The molecule has 3 aliphatic heterocycles. The van der Waals surface area contributed by atoms with Crippen molar-refractivity contribution in [3.63, 3.8) is 0 Å². The van der Waals surface area contributed by atoms with Crippen molar-refractivity contribution in [2.24, 2.45) is 11.8 Å². The lowest BCUT2D eigenvalue weighted by Gasteiger charge is -2.44. The van der Waals surface area contributed by atoms with Gasteiger partial charge in [-0.05, 0) is 68.8 Å². The highest BCUT2D eigenvalue weighted by Crippen LogP contribution is 2.31. The molecule has 4 rings (SSSR count). The number of nitrogens with one attached hydrogen (secondary N) is 1. The van der Waals surface area contributed by atoms with Crippen LogP contribution in [0.5, 0.6) is 11.5 Å². The molecule has 3 aliphatic rings. The zero-order valence-corrected chi connectivity index (χ0v) is 19.5. The summed E-state index contributed by atoms with van der Waals surface area (Å²) in [6, 6.07) is 6.45. The summed E-state index contributed by atoms with van der Waals surface area (Å²) in [5.74, 6) is 1.81. The van der Waals surface area contributed by atoms with Gasteiger partial charge >= 0.3 is 0 Å². The molecule has 1 aromatic carbocycles. The lowest BCUT2D eigenvalue weighted by molar-refractivity contribution is -0.129. The Morgan fingerprint density at radius 1 is 1.09 bits per heavy atom. The van der Waals surface area contributed by atoms with Crippen LogP contribution in [0.25, 0.3) is 0 Å². The zero-order valence-electron chi connectivity index (χ0n) is 19.5. The third kappa shape index (κ3) is 5.20. The van der Waals surface area contributed by atoms with Crippen LogP contribution in [0.2, 0.25) is 0 Å². The molecule has 3 atom stereocenters. The van der Waals surface area contributed by atoms with E-state index in [1.54, 1.807) is 14.2 Å². The van der Waals surface area contributed by atoms with E-state index < -0.39 is 0 Å². The van der Waals surface area contributed by atoms with Gasteiger partial charge in [0.2, 0.25) is 11.8 Å². The highest BCUT2D eigenvalue weighted by Gasteiger charge is 2.36. The van der Waals surface area contributed by atoms with Crippen molar-refractivity contribution in [2.75, 3.05) is 46.9 Å². The number of likely N-dealkylation sites (tertiary alicyclic amines) is 1. The number of piperidine rings is 2. The van der Waals surface area contributed by atoms with Gasteiger partial charge in [-0.1, -0.05) is 12.5 Å². The first-order valence-corrected chi connectivity index (χ1v) is 12.1. The second kappa shape index (κ2) is 10.6. The van der Waals surface area contributed by atoms with Crippen LogP contribution in [0.3, 0.4) is 0 Å². The van der Waals surface area contributed by atoms with E-state index in [2.05, 4.69) is 10.2 Å². The normalized spacial score (nSPS) is 26.0. The Morgan fingerprint density at radius 2 is 1.91 bits per heavy atom. The van der Waals surface area contributed by atoms with Gasteiger partial charge in [-0.2, -0.15) is 0 Å². The fourth-order valence-corrected chi connectivity index (χ4v) is 5.66. The van der Waals surface area contributed by atoms with Crippen molar-refractivity contribution in [1.82, 2.24) is 15.1 Å². The number of amides is 2. The van der Waals surface area contributed by atoms with Crippen LogP contribution in [0.15, 0.2) is 18.2 Å². The van der Waals surface area contributed by atoms with Crippen LogP contribution < -0.4 is 14.8 Å². The molecule has 1 N–H and O–H groups in total. The maximum atomic E-state index is 12.8. The Balaban J connectivity index is 1.25. The van der Waals surface area contributed by atoms with E-state index in [1.165, 1.54) is 45.2 Å². The topological polar surface area (TPSA) is 71.1 Å². The number of carbonyl (C=O) groups is 2. The average Bonchev–Trinajstić information content (AvgIpc) is 3.21. The number of fused-ring (bicyclic) bond motifs is 1. The Kier molecular flexibility index (Phi) is 7.55. The molecule has 2 amide bonds. The predicted molar refractivity (Wildman–Crippen MR) is 123 cm³/mol. The van der Waals surface area contributed by atoms with Gasteiger partial charge in [0.25, 0.3) is 0 Å². The molecule has 176 valence electrons. The zero-order chi connectivity index (χ0) is 22.5. The molecule has 0 saturated carbocycles. The predicted octanol–water partition coefficient (Wildman–Crippen LogP) is 2.48. The van der Waals surface area contributed by atoms with Crippen LogP contribution in [0.1, 0.15) is 44.1 Å². The fraction of sp³-hybridized carbons (Fsp3) is 0.680. The molecular weight excluding hydrogens is 406 g/mol. The molecule has 0 aromatic heterocycles. The number of rotatable bonds is 8. The Morgan fingerprint density at radius 3 is 2.72 bits per heavy atom. The van der Waals surface area contributed by atoms with Gasteiger partial charge in [-0.25, -0.2) is 0 Å². The average molecular weight is 444 g/mol. The first kappa shape index (κ1) is 22.9. The third-order valence-corrected chi connectivity index (χ3v) is 7.47. The molecule has 0 radical (unpaired) electrons. The second-order valence-electron chi connectivity index (χ2n) is 9.43. The van der Waals surface area contributed by atoms with Crippen LogP contribution in [-0.4, -0.2) is 74.6 Å². The monoisotopic (exact) mass is 443 g/mol.